The van der Waals surface area contributed by atoms with Crippen molar-refractivity contribution in [3.63, 3.8) is 0 Å². The summed E-state index contributed by atoms with van der Waals surface area (Å²) in [6, 6.07) is 4.02. The number of hydrogen-bond donors (Lipinski definition) is 1. The Kier molecular flexibility index (Phi) is 7.22. The summed E-state index contributed by atoms with van der Waals surface area (Å²) < 4.78 is 18.7. The normalized spacial score (nSPS) is 24.0. The second kappa shape index (κ2) is 10.9. The number of ether oxygens (including phenoxy) is 2. The Morgan fingerprint density at radius 3 is 2.56 bits per heavy atom. The average Bonchev–Trinajstić information content (AvgIpc) is 3.82. The Bertz CT molecular complexity index is 1410. The number of hydrogen-bond acceptors (Lipinski definition) is 8. The molecule has 4 aliphatic rings. The molecule has 9 heteroatoms. The lowest BCUT2D eigenvalue weighted by Crippen LogP contribution is -2.36. The molecule has 1 unspecified atom stereocenters. The molecule has 2 atom stereocenters. The summed E-state index contributed by atoms with van der Waals surface area (Å²) in [6.45, 7) is 3.50. The zero-order valence-electron chi connectivity index (χ0n) is 24.2. The fraction of sp³-hybridized carbons (Fsp3) is 0.656. The van der Waals surface area contributed by atoms with E-state index >= 15 is 0 Å². The van der Waals surface area contributed by atoms with E-state index < -0.39 is 5.97 Å². The molecule has 0 amide bonds. The Morgan fingerprint density at radius 2 is 1.88 bits per heavy atom. The molecule has 2 aromatic heterocycles. The maximum absolute atomic E-state index is 11.7. The van der Waals surface area contributed by atoms with Gasteiger partial charge in [0.05, 0.1) is 29.7 Å². The Hall–Kier alpha value is -2.65. The van der Waals surface area contributed by atoms with Gasteiger partial charge in [-0.3, -0.25) is 0 Å². The molecule has 1 saturated heterocycles. The summed E-state index contributed by atoms with van der Waals surface area (Å²) in [6.07, 6.45) is 14.6. The molecular weight excluding hydrogens is 538 g/mol. The van der Waals surface area contributed by atoms with Crippen molar-refractivity contribution in [2.75, 3.05) is 18.6 Å². The molecule has 7 rings (SSSR count). The van der Waals surface area contributed by atoms with Crippen LogP contribution in [0.15, 0.2) is 16.7 Å². The third-order valence-corrected chi connectivity index (χ3v) is 11.3. The van der Waals surface area contributed by atoms with E-state index in [-0.39, 0.29) is 5.56 Å². The van der Waals surface area contributed by atoms with Crippen molar-refractivity contribution in [1.29, 1.82) is 0 Å². The predicted molar refractivity (Wildman–Crippen MR) is 158 cm³/mol. The van der Waals surface area contributed by atoms with Gasteiger partial charge in [0.2, 0.25) is 0 Å². The van der Waals surface area contributed by atoms with Crippen molar-refractivity contribution in [1.82, 2.24) is 10.1 Å². The second-order valence-electron chi connectivity index (χ2n) is 12.8. The number of carboxylic acid groups (broad SMARTS) is 1. The van der Waals surface area contributed by atoms with Crippen LogP contribution in [0.4, 0.5) is 5.13 Å². The standard InChI is InChI=1S/C32H41N3O5S/c1-3-22-6-7-23(35(22)31-33-28-25(38-2)16-21(30(36)37)17-26(28)41-31)10-15-39-18-24-27(34-40-29(24)20-4-5-20)19-8-11-32(12-9-19)13-14-32/h16-17,19-20,22-23H,3-15,18H2,1-2H3,(H,36,37)/t22?,23-/m0/s1. The molecule has 0 bridgehead atoms. The number of methoxy groups -OCH3 is 1. The highest BCUT2D eigenvalue weighted by atomic mass is 32.1. The Balaban J connectivity index is 1.04. The highest BCUT2D eigenvalue weighted by Gasteiger charge is 2.46. The smallest absolute Gasteiger partial charge is 0.335 e. The van der Waals surface area contributed by atoms with Crippen molar-refractivity contribution >= 4 is 32.7 Å². The van der Waals surface area contributed by atoms with Crippen molar-refractivity contribution in [2.45, 2.75) is 114 Å². The monoisotopic (exact) mass is 579 g/mol. The van der Waals surface area contributed by atoms with Gasteiger partial charge < -0.3 is 24.0 Å². The molecule has 1 aromatic carbocycles. The van der Waals surface area contributed by atoms with E-state index in [1.165, 1.54) is 62.6 Å². The highest BCUT2D eigenvalue weighted by Crippen LogP contribution is 2.59. The molecule has 41 heavy (non-hydrogen) atoms. The first-order valence-electron chi connectivity index (χ1n) is 15.5. The van der Waals surface area contributed by atoms with Crippen LogP contribution in [0.1, 0.15) is 123 Å². The maximum atomic E-state index is 11.7. The summed E-state index contributed by atoms with van der Waals surface area (Å²) in [4.78, 5) is 19.1. The number of nitrogens with zero attached hydrogens (tertiary/aromatic N) is 3. The number of aromatic carboxylic acids is 1. The summed E-state index contributed by atoms with van der Waals surface area (Å²) in [5.41, 5.74) is 4.05. The summed E-state index contributed by atoms with van der Waals surface area (Å²) >= 11 is 1.56. The van der Waals surface area contributed by atoms with E-state index in [1.54, 1.807) is 30.6 Å². The molecule has 3 aliphatic carbocycles. The van der Waals surface area contributed by atoms with Crippen LogP contribution in [0, 0.1) is 5.41 Å². The Morgan fingerprint density at radius 1 is 1.10 bits per heavy atom. The van der Waals surface area contributed by atoms with Crippen molar-refractivity contribution < 1.29 is 23.9 Å². The van der Waals surface area contributed by atoms with E-state index in [0.717, 1.165) is 46.8 Å². The lowest BCUT2D eigenvalue weighted by atomic mass is 9.77. The number of anilines is 1. The van der Waals surface area contributed by atoms with Crippen LogP contribution >= 0.6 is 11.3 Å². The van der Waals surface area contributed by atoms with Gasteiger partial charge in [-0.1, -0.05) is 23.4 Å². The van der Waals surface area contributed by atoms with Crippen LogP contribution in [0.3, 0.4) is 0 Å². The topological polar surface area (TPSA) is 97.9 Å². The number of aromatic nitrogens is 2. The molecule has 4 fully saturated rings. The SMILES string of the molecule is CCC1CC[C@@H](CCOCc2c(C3CCC4(CC3)CC4)noc2C2CC2)N1c1nc2c(OC)cc(C(=O)O)cc2s1. The molecule has 3 saturated carbocycles. The molecular formula is C32H41N3O5S. The number of thiazole rings is 1. The minimum Gasteiger partial charge on any atom is -0.494 e. The van der Waals surface area contributed by atoms with Crippen molar-refractivity contribution in [2.24, 2.45) is 5.41 Å². The van der Waals surface area contributed by atoms with E-state index in [9.17, 15) is 9.90 Å². The molecule has 3 aromatic rings. The third kappa shape index (κ3) is 5.24. The lowest BCUT2D eigenvalue weighted by Gasteiger charge is -2.29. The van der Waals surface area contributed by atoms with Gasteiger partial charge >= 0.3 is 5.97 Å². The van der Waals surface area contributed by atoms with Crippen LogP contribution in [-0.4, -0.2) is 47.0 Å². The summed E-state index contributed by atoms with van der Waals surface area (Å²) in [7, 11) is 1.57. The largest absolute Gasteiger partial charge is 0.494 e. The lowest BCUT2D eigenvalue weighted by molar-refractivity contribution is 0.0696. The first-order valence-corrected chi connectivity index (χ1v) is 16.4. The Labute approximate surface area is 245 Å². The van der Waals surface area contributed by atoms with E-state index in [1.807, 2.05) is 0 Å². The van der Waals surface area contributed by atoms with Gasteiger partial charge in [-0.25, -0.2) is 9.78 Å². The van der Waals surface area contributed by atoms with E-state index in [4.69, 9.17) is 19.0 Å². The van der Waals surface area contributed by atoms with Gasteiger partial charge in [0.15, 0.2) is 5.13 Å². The molecule has 1 N–H and O–H groups in total. The van der Waals surface area contributed by atoms with Gasteiger partial charge in [-0.15, -0.1) is 0 Å². The molecule has 1 aliphatic heterocycles. The first-order chi connectivity index (χ1) is 20.0. The van der Waals surface area contributed by atoms with Crippen molar-refractivity contribution in [3.05, 3.63) is 34.7 Å². The van der Waals surface area contributed by atoms with E-state index in [2.05, 4.69) is 17.0 Å². The van der Waals surface area contributed by atoms with Crippen LogP contribution in [0.25, 0.3) is 10.2 Å². The minimum atomic E-state index is -0.959. The van der Waals surface area contributed by atoms with Crippen molar-refractivity contribution in [3.8, 4) is 5.75 Å². The van der Waals surface area contributed by atoms with Crippen LogP contribution in [-0.2, 0) is 11.3 Å². The summed E-state index contributed by atoms with van der Waals surface area (Å²) in [5, 5.41) is 15.1. The zero-order valence-corrected chi connectivity index (χ0v) is 25.0. The fourth-order valence-electron chi connectivity index (χ4n) is 7.38. The average molecular weight is 580 g/mol. The van der Waals surface area contributed by atoms with E-state index in [0.29, 0.717) is 48.3 Å². The van der Waals surface area contributed by atoms with Crippen LogP contribution < -0.4 is 9.64 Å². The second-order valence-corrected chi connectivity index (χ2v) is 13.8. The zero-order chi connectivity index (χ0) is 28.1. The molecule has 220 valence electrons. The van der Waals surface area contributed by atoms with Crippen LogP contribution in [0.5, 0.6) is 5.75 Å². The van der Waals surface area contributed by atoms with Gasteiger partial charge in [-0.2, -0.15) is 0 Å². The number of carbonyl (C=O) groups is 1. The number of carboxylic acids is 1. The summed E-state index contributed by atoms with van der Waals surface area (Å²) in [5.74, 6) is 1.69. The quantitative estimate of drug-likeness (QED) is 0.231. The maximum Gasteiger partial charge on any atom is 0.335 e. The number of fused-ring (bicyclic) bond motifs is 1. The first kappa shape index (κ1) is 27.2. The number of rotatable bonds is 11. The molecule has 0 radical (unpaired) electrons. The predicted octanol–water partition coefficient (Wildman–Crippen LogP) is 7.66. The molecule has 8 nitrogen and oxygen atoms in total. The van der Waals surface area contributed by atoms with Gasteiger partial charge in [0.1, 0.15) is 17.0 Å². The van der Waals surface area contributed by atoms with Gasteiger partial charge in [0.25, 0.3) is 0 Å². The fourth-order valence-corrected chi connectivity index (χ4v) is 8.54. The van der Waals surface area contributed by atoms with Crippen LogP contribution in [0.2, 0.25) is 0 Å². The van der Waals surface area contributed by atoms with Gasteiger partial charge in [-0.05, 0) is 94.6 Å². The highest BCUT2D eigenvalue weighted by molar-refractivity contribution is 7.22. The molecule has 1 spiro atoms. The van der Waals surface area contributed by atoms with Gasteiger partial charge in [0, 0.05) is 36.1 Å². The molecule has 3 heterocycles. The number of benzene rings is 1. The third-order valence-electron chi connectivity index (χ3n) is 10.3. The minimum absolute atomic E-state index is 0.224.